The van der Waals surface area contributed by atoms with E-state index in [9.17, 15) is 19.6 Å². The number of carbonyl (C=O) groups is 3. The van der Waals surface area contributed by atoms with Crippen molar-refractivity contribution in [1.82, 2.24) is 20.3 Å². The molecule has 0 aliphatic carbocycles. The Morgan fingerprint density at radius 2 is 2.04 bits per heavy atom. The second-order valence-corrected chi connectivity index (χ2v) is 7.24. The number of hydrogen-bond donors (Lipinski definition) is 2. The Morgan fingerprint density at radius 3 is 2.68 bits per heavy atom. The van der Waals surface area contributed by atoms with E-state index in [1.807, 2.05) is 0 Å². The molecule has 2 heterocycles. The SMILES string of the molecule is CN(CCONC(=O)C1CC[C@@H]2CN1C(=O)N2O)C(=O)OC(C)(C)C. The Hall–Kier alpha value is -2.07. The molecule has 2 atom stereocenters. The highest BCUT2D eigenvalue weighted by Gasteiger charge is 2.46. The van der Waals surface area contributed by atoms with Crippen LogP contribution in [0.25, 0.3) is 0 Å². The normalized spacial score (nSPS) is 22.8. The van der Waals surface area contributed by atoms with Crippen molar-refractivity contribution in [3.8, 4) is 0 Å². The summed E-state index contributed by atoms with van der Waals surface area (Å²) in [6.07, 6.45) is 0.532. The third-order valence-corrected chi connectivity index (χ3v) is 4.05. The van der Waals surface area contributed by atoms with Gasteiger partial charge in [-0.2, -0.15) is 0 Å². The zero-order chi connectivity index (χ0) is 18.8. The minimum atomic E-state index is -0.663. The standard InChI is InChI=1S/C15H26N4O6/c1-15(2,3)25-14(22)17(4)7-8-24-16-12(20)11-6-5-10-9-18(11)13(21)19(10)23/h10-11,23H,5-9H2,1-4H3,(H,16,20)/t10-,11?/m1/s1. The van der Waals surface area contributed by atoms with E-state index in [1.54, 1.807) is 27.8 Å². The van der Waals surface area contributed by atoms with Gasteiger partial charge in [0.05, 0.1) is 12.6 Å². The van der Waals surface area contributed by atoms with E-state index >= 15 is 0 Å². The summed E-state index contributed by atoms with van der Waals surface area (Å²) in [5.74, 6) is -0.443. The molecule has 4 amide bonds. The van der Waals surface area contributed by atoms with Crippen molar-refractivity contribution in [3.05, 3.63) is 0 Å². The lowest BCUT2D eigenvalue weighted by atomic mass is 10.0. The van der Waals surface area contributed by atoms with E-state index in [1.165, 1.54) is 9.80 Å². The summed E-state index contributed by atoms with van der Waals surface area (Å²) < 4.78 is 5.20. The minimum Gasteiger partial charge on any atom is -0.444 e. The molecule has 142 valence electrons. The highest BCUT2D eigenvalue weighted by atomic mass is 16.7. The number of carbonyl (C=O) groups excluding carboxylic acids is 3. The van der Waals surface area contributed by atoms with Gasteiger partial charge in [0, 0.05) is 20.1 Å². The largest absolute Gasteiger partial charge is 0.444 e. The van der Waals surface area contributed by atoms with E-state index in [2.05, 4.69) is 5.48 Å². The summed E-state index contributed by atoms with van der Waals surface area (Å²) in [7, 11) is 1.57. The van der Waals surface area contributed by atoms with Gasteiger partial charge < -0.3 is 14.5 Å². The van der Waals surface area contributed by atoms with Gasteiger partial charge >= 0.3 is 12.1 Å². The molecule has 2 aliphatic rings. The van der Waals surface area contributed by atoms with Crippen molar-refractivity contribution < 1.29 is 29.2 Å². The van der Waals surface area contributed by atoms with Gasteiger partial charge in [0.15, 0.2) is 0 Å². The quantitative estimate of drug-likeness (QED) is 0.422. The van der Waals surface area contributed by atoms with Crippen LogP contribution in [0.4, 0.5) is 9.59 Å². The molecule has 0 spiro atoms. The average molecular weight is 358 g/mol. The Morgan fingerprint density at radius 1 is 1.36 bits per heavy atom. The molecule has 2 saturated heterocycles. The molecule has 2 fully saturated rings. The van der Waals surface area contributed by atoms with Crippen LogP contribution in [0.2, 0.25) is 0 Å². The van der Waals surface area contributed by atoms with Gasteiger partial charge in [0.2, 0.25) is 0 Å². The van der Waals surface area contributed by atoms with Crippen molar-refractivity contribution in [1.29, 1.82) is 0 Å². The third kappa shape index (κ3) is 4.73. The first-order valence-electron chi connectivity index (χ1n) is 8.24. The second-order valence-electron chi connectivity index (χ2n) is 7.24. The average Bonchev–Trinajstić information content (AvgIpc) is 2.74. The molecule has 2 bridgehead atoms. The predicted octanol–water partition coefficient (Wildman–Crippen LogP) is 0.559. The number of fused-ring (bicyclic) bond motifs is 2. The van der Waals surface area contributed by atoms with Gasteiger partial charge in [-0.1, -0.05) is 0 Å². The number of hydrogen-bond acceptors (Lipinski definition) is 6. The van der Waals surface area contributed by atoms with E-state index in [4.69, 9.17) is 9.57 Å². The summed E-state index contributed by atoms with van der Waals surface area (Å²) in [6.45, 7) is 5.97. The zero-order valence-corrected chi connectivity index (χ0v) is 15.0. The number of piperidine rings is 1. The molecule has 0 aromatic rings. The van der Waals surface area contributed by atoms with Gasteiger partial charge in [0.25, 0.3) is 5.91 Å². The molecular formula is C15H26N4O6. The molecule has 1 unspecified atom stereocenters. The van der Waals surface area contributed by atoms with Crippen molar-refractivity contribution in [3.63, 3.8) is 0 Å². The van der Waals surface area contributed by atoms with E-state index in [0.29, 0.717) is 24.4 Å². The first kappa shape index (κ1) is 19.3. The maximum Gasteiger partial charge on any atom is 0.410 e. The first-order chi connectivity index (χ1) is 11.6. The Balaban J connectivity index is 1.71. The molecule has 0 aromatic carbocycles. The molecule has 10 nitrogen and oxygen atoms in total. The second kappa shape index (κ2) is 7.44. The van der Waals surface area contributed by atoms with Crippen LogP contribution in [0.1, 0.15) is 33.6 Å². The van der Waals surface area contributed by atoms with Crippen LogP contribution in [0.15, 0.2) is 0 Å². The highest BCUT2D eigenvalue weighted by Crippen LogP contribution is 2.28. The van der Waals surface area contributed by atoms with Crippen molar-refractivity contribution in [2.24, 2.45) is 0 Å². The number of rotatable bonds is 5. The van der Waals surface area contributed by atoms with Crippen LogP contribution in [0, 0.1) is 0 Å². The fourth-order valence-corrected chi connectivity index (χ4v) is 2.73. The smallest absolute Gasteiger partial charge is 0.410 e. The number of likely N-dealkylation sites (N-methyl/N-ethyl adjacent to an activating group) is 1. The Labute approximate surface area is 146 Å². The molecule has 2 aliphatic heterocycles. The monoisotopic (exact) mass is 358 g/mol. The van der Waals surface area contributed by atoms with Crippen LogP contribution in [0.5, 0.6) is 0 Å². The maximum atomic E-state index is 12.2. The summed E-state index contributed by atoms with van der Waals surface area (Å²) in [4.78, 5) is 43.6. The number of hydroxylamine groups is 3. The van der Waals surface area contributed by atoms with Crippen LogP contribution < -0.4 is 5.48 Å². The van der Waals surface area contributed by atoms with Crippen molar-refractivity contribution >= 4 is 18.0 Å². The van der Waals surface area contributed by atoms with Crippen LogP contribution in [0.3, 0.4) is 0 Å². The number of urea groups is 1. The van der Waals surface area contributed by atoms with Crippen molar-refractivity contribution in [2.45, 2.75) is 51.3 Å². The molecule has 2 rings (SSSR count). The predicted molar refractivity (Wildman–Crippen MR) is 85.5 cm³/mol. The molecule has 10 heteroatoms. The lowest BCUT2D eigenvalue weighted by molar-refractivity contribution is -0.139. The van der Waals surface area contributed by atoms with Crippen LogP contribution in [-0.2, 0) is 14.4 Å². The Bertz CT molecular complexity index is 535. The van der Waals surface area contributed by atoms with E-state index in [-0.39, 0.29) is 19.2 Å². The molecule has 25 heavy (non-hydrogen) atoms. The third-order valence-electron chi connectivity index (χ3n) is 4.05. The maximum absolute atomic E-state index is 12.2. The summed E-state index contributed by atoms with van der Waals surface area (Å²) in [6, 6.07) is -1.48. The molecule has 0 radical (unpaired) electrons. The van der Waals surface area contributed by atoms with Crippen molar-refractivity contribution in [2.75, 3.05) is 26.7 Å². The van der Waals surface area contributed by atoms with Gasteiger partial charge in [-0.25, -0.2) is 20.1 Å². The van der Waals surface area contributed by atoms with E-state index in [0.717, 1.165) is 0 Å². The van der Waals surface area contributed by atoms with Crippen LogP contribution >= 0.6 is 0 Å². The summed E-state index contributed by atoms with van der Waals surface area (Å²) >= 11 is 0. The molecular weight excluding hydrogens is 332 g/mol. The highest BCUT2D eigenvalue weighted by molar-refractivity contribution is 5.87. The summed E-state index contributed by atoms with van der Waals surface area (Å²) in [5.41, 5.74) is 1.72. The number of nitrogens with zero attached hydrogens (tertiary/aromatic N) is 3. The zero-order valence-electron chi connectivity index (χ0n) is 15.0. The number of nitrogens with one attached hydrogen (secondary N) is 1. The Kier molecular flexibility index (Phi) is 5.73. The van der Waals surface area contributed by atoms with Gasteiger partial charge in [-0.05, 0) is 33.6 Å². The lowest BCUT2D eigenvalue weighted by Gasteiger charge is -2.29. The van der Waals surface area contributed by atoms with Gasteiger partial charge in [-0.15, -0.1) is 0 Å². The summed E-state index contributed by atoms with van der Waals surface area (Å²) in [5, 5.41) is 10.3. The fourth-order valence-electron chi connectivity index (χ4n) is 2.73. The fraction of sp³-hybridized carbons (Fsp3) is 0.800. The topological polar surface area (TPSA) is 112 Å². The molecule has 0 aromatic heterocycles. The first-order valence-corrected chi connectivity index (χ1v) is 8.24. The number of amides is 4. The molecule has 2 N–H and O–H groups in total. The van der Waals surface area contributed by atoms with E-state index < -0.39 is 29.7 Å². The van der Waals surface area contributed by atoms with Gasteiger partial charge in [0.1, 0.15) is 11.6 Å². The number of ether oxygens (including phenoxy) is 1. The lowest BCUT2D eigenvalue weighted by Crippen LogP contribution is -2.50. The van der Waals surface area contributed by atoms with Crippen LogP contribution in [-0.4, -0.2) is 82.5 Å². The van der Waals surface area contributed by atoms with Gasteiger partial charge in [-0.3, -0.25) is 14.8 Å². The molecule has 0 saturated carbocycles. The minimum absolute atomic E-state index is 0.0803.